The maximum atomic E-state index is 5.29. The number of nitrogens with zero attached hydrogens (tertiary/aromatic N) is 2. The van der Waals surface area contributed by atoms with Crippen LogP contribution in [0.15, 0.2) is 23.2 Å². The number of hydrogen-bond donors (Lipinski definition) is 2. The van der Waals surface area contributed by atoms with Gasteiger partial charge in [0.15, 0.2) is 5.96 Å². The van der Waals surface area contributed by atoms with Gasteiger partial charge in [-0.1, -0.05) is 12.1 Å². The lowest BCUT2D eigenvalue weighted by Gasteiger charge is -2.12. The van der Waals surface area contributed by atoms with Crippen molar-refractivity contribution in [3.8, 4) is 5.75 Å². The molecule has 2 aromatic rings. The molecule has 132 valence electrons. The number of hydrogen-bond acceptors (Lipinski definition) is 4. The second kappa shape index (κ2) is 9.83. The van der Waals surface area contributed by atoms with Gasteiger partial charge < -0.3 is 15.4 Å². The third-order valence-corrected chi connectivity index (χ3v) is 4.63. The van der Waals surface area contributed by atoms with Crippen molar-refractivity contribution in [1.29, 1.82) is 0 Å². The molecule has 0 saturated carbocycles. The molecule has 2 N–H and O–H groups in total. The fourth-order valence-corrected chi connectivity index (χ4v) is 3.24. The van der Waals surface area contributed by atoms with E-state index in [0.717, 1.165) is 34.5 Å². The van der Waals surface area contributed by atoms with Gasteiger partial charge in [-0.2, -0.15) is 0 Å². The van der Waals surface area contributed by atoms with Gasteiger partial charge in [0.25, 0.3) is 0 Å². The molecule has 5 nitrogen and oxygen atoms in total. The van der Waals surface area contributed by atoms with Gasteiger partial charge in [0, 0.05) is 18.5 Å². The van der Waals surface area contributed by atoms with Gasteiger partial charge in [-0.25, -0.2) is 4.98 Å². The van der Waals surface area contributed by atoms with E-state index in [1.165, 1.54) is 10.4 Å². The highest BCUT2D eigenvalue weighted by Crippen LogP contribution is 2.18. The minimum absolute atomic E-state index is 0. The van der Waals surface area contributed by atoms with Gasteiger partial charge >= 0.3 is 0 Å². The van der Waals surface area contributed by atoms with Crippen LogP contribution in [0.25, 0.3) is 0 Å². The molecular weight excluding hydrogens is 435 g/mol. The molecule has 1 aromatic heterocycles. The molecular formula is C17H25IN4OS. The van der Waals surface area contributed by atoms with E-state index in [1.54, 1.807) is 25.5 Å². The molecule has 0 spiro atoms. The number of halogens is 1. The molecule has 0 radical (unpaired) electrons. The van der Waals surface area contributed by atoms with Gasteiger partial charge in [0.1, 0.15) is 5.75 Å². The summed E-state index contributed by atoms with van der Waals surface area (Å²) >= 11 is 1.72. The summed E-state index contributed by atoms with van der Waals surface area (Å²) in [6.45, 7) is 7.56. The number of methoxy groups -OCH3 is 1. The van der Waals surface area contributed by atoms with Crippen LogP contribution in [0, 0.1) is 20.8 Å². The monoisotopic (exact) mass is 460 g/mol. The largest absolute Gasteiger partial charge is 0.496 e. The van der Waals surface area contributed by atoms with Crippen LogP contribution in [0.2, 0.25) is 0 Å². The zero-order valence-electron chi connectivity index (χ0n) is 14.8. The van der Waals surface area contributed by atoms with E-state index in [1.807, 2.05) is 26.8 Å². The highest BCUT2D eigenvalue weighted by Gasteiger charge is 2.06. The van der Waals surface area contributed by atoms with E-state index in [9.17, 15) is 0 Å². The molecule has 0 atom stereocenters. The molecule has 0 saturated heterocycles. The number of rotatable bonds is 5. The number of aliphatic imine (C=N–C) groups is 1. The summed E-state index contributed by atoms with van der Waals surface area (Å²) in [6, 6.07) is 6.17. The van der Waals surface area contributed by atoms with E-state index in [4.69, 9.17) is 4.74 Å². The van der Waals surface area contributed by atoms with Crippen molar-refractivity contribution >= 4 is 41.3 Å². The average Bonchev–Trinajstić information content (AvgIpc) is 2.85. The first kappa shape index (κ1) is 20.7. The number of aromatic nitrogens is 1. The standard InChI is InChI=1S/C17H24N4OS.HI/c1-11-8-14(6-7-15(11)22-5)9-19-17(18-4)20-10-16-12(2)21-13(3)23-16;/h6-8H,9-10H2,1-5H3,(H2,18,19,20);1H. The molecule has 2 rings (SSSR count). The van der Waals surface area contributed by atoms with E-state index < -0.39 is 0 Å². The molecule has 0 aliphatic heterocycles. The first-order chi connectivity index (χ1) is 11.0. The number of ether oxygens (including phenoxy) is 1. The van der Waals surface area contributed by atoms with Gasteiger partial charge in [-0.15, -0.1) is 35.3 Å². The fourth-order valence-electron chi connectivity index (χ4n) is 2.36. The maximum absolute atomic E-state index is 5.29. The molecule has 7 heteroatoms. The van der Waals surface area contributed by atoms with Crippen LogP contribution in [0.1, 0.15) is 26.7 Å². The number of benzene rings is 1. The van der Waals surface area contributed by atoms with Crippen LogP contribution in [-0.2, 0) is 13.1 Å². The first-order valence-electron chi connectivity index (χ1n) is 7.54. The van der Waals surface area contributed by atoms with Gasteiger partial charge in [-0.3, -0.25) is 4.99 Å². The number of nitrogens with one attached hydrogen (secondary N) is 2. The fraction of sp³-hybridized carbons (Fsp3) is 0.412. The summed E-state index contributed by atoms with van der Waals surface area (Å²) < 4.78 is 5.29. The molecule has 0 aliphatic carbocycles. The van der Waals surface area contributed by atoms with Crippen LogP contribution in [-0.4, -0.2) is 25.1 Å². The molecule has 0 amide bonds. The normalized spacial score (nSPS) is 11.0. The molecule has 0 fully saturated rings. The highest BCUT2D eigenvalue weighted by atomic mass is 127. The molecule has 0 unspecified atom stereocenters. The van der Waals surface area contributed by atoms with Gasteiger partial charge in [-0.05, 0) is 38.0 Å². The number of aryl methyl sites for hydroxylation is 3. The average molecular weight is 460 g/mol. The van der Waals surface area contributed by atoms with Crippen molar-refractivity contribution < 1.29 is 4.74 Å². The molecule has 0 bridgehead atoms. The summed E-state index contributed by atoms with van der Waals surface area (Å²) in [4.78, 5) is 9.95. The zero-order valence-corrected chi connectivity index (χ0v) is 17.9. The predicted octanol–water partition coefficient (Wildman–Crippen LogP) is 3.56. The van der Waals surface area contributed by atoms with E-state index >= 15 is 0 Å². The van der Waals surface area contributed by atoms with Crippen molar-refractivity contribution in [2.24, 2.45) is 4.99 Å². The molecule has 0 aliphatic rings. The summed E-state index contributed by atoms with van der Waals surface area (Å²) in [5.41, 5.74) is 3.41. The van der Waals surface area contributed by atoms with E-state index in [-0.39, 0.29) is 24.0 Å². The Hall–Kier alpha value is -1.35. The highest BCUT2D eigenvalue weighted by molar-refractivity contribution is 14.0. The lowest BCUT2D eigenvalue weighted by molar-refractivity contribution is 0.411. The Morgan fingerprint density at radius 2 is 1.92 bits per heavy atom. The maximum Gasteiger partial charge on any atom is 0.191 e. The van der Waals surface area contributed by atoms with Crippen LogP contribution < -0.4 is 15.4 Å². The minimum atomic E-state index is 0. The summed E-state index contributed by atoms with van der Waals surface area (Å²) in [5, 5.41) is 7.75. The van der Waals surface area contributed by atoms with Gasteiger partial charge in [0.05, 0.1) is 24.4 Å². The van der Waals surface area contributed by atoms with Crippen LogP contribution in [0.4, 0.5) is 0 Å². The van der Waals surface area contributed by atoms with Gasteiger partial charge in [0.2, 0.25) is 0 Å². The predicted molar refractivity (Wildman–Crippen MR) is 112 cm³/mol. The second-order valence-corrected chi connectivity index (χ2v) is 6.61. The Balaban J connectivity index is 0.00000288. The topological polar surface area (TPSA) is 58.5 Å². The van der Waals surface area contributed by atoms with Crippen molar-refractivity contribution in [1.82, 2.24) is 15.6 Å². The van der Waals surface area contributed by atoms with Crippen molar-refractivity contribution in [2.75, 3.05) is 14.2 Å². The zero-order chi connectivity index (χ0) is 16.8. The second-order valence-electron chi connectivity index (χ2n) is 5.32. The van der Waals surface area contributed by atoms with E-state index in [0.29, 0.717) is 6.54 Å². The lowest BCUT2D eigenvalue weighted by atomic mass is 10.1. The summed E-state index contributed by atoms with van der Waals surface area (Å²) in [5.74, 6) is 1.69. The first-order valence-corrected chi connectivity index (χ1v) is 8.36. The van der Waals surface area contributed by atoms with Crippen molar-refractivity contribution in [2.45, 2.75) is 33.9 Å². The van der Waals surface area contributed by atoms with E-state index in [2.05, 4.69) is 32.7 Å². The minimum Gasteiger partial charge on any atom is -0.496 e. The van der Waals surface area contributed by atoms with Crippen LogP contribution in [0.3, 0.4) is 0 Å². The Bertz CT molecular complexity index is 700. The third kappa shape index (κ3) is 5.62. The third-order valence-electron chi connectivity index (χ3n) is 3.56. The Kier molecular flexibility index (Phi) is 8.47. The Morgan fingerprint density at radius 1 is 1.21 bits per heavy atom. The Morgan fingerprint density at radius 3 is 2.46 bits per heavy atom. The molecule has 1 aromatic carbocycles. The number of guanidine groups is 1. The molecule has 24 heavy (non-hydrogen) atoms. The summed E-state index contributed by atoms with van der Waals surface area (Å²) in [6.07, 6.45) is 0. The quantitative estimate of drug-likeness (QED) is 0.407. The SMILES string of the molecule is CN=C(NCc1ccc(OC)c(C)c1)NCc1sc(C)nc1C.I. The van der Waals surface area contributed by atoms with Crippen LogP contribution >= 0.6 is 35.3 Å². The molecule has 1 heterocycles. The van der Waals surface area contributed by atoms with Crippen molar-refractivity contribution in [3.63, 3.8) is 0 Å². The van der Waals surface area contributed by atoms with Crippen molar-refractivity contribution in [3.05, 3.63) is 44.9 Å². The summed E-state index contributed by atoms with van der Waals surface area (Å²) in [7, 11) is 3.47. The Labute approximate surface area is 165 Å². The van der Waals surface area contributed by atoms with Crippen LogP contribution in [0.5, 0.6) is 5.75 Å². The lowest BCUT2D eigenvalue weighted by Crippen LogP contribution is -2.36. The smallest absolute Gasteiger partial charge is 0.191 e. The number of thiazole rings is 1.